The van der Waals surface area contributed by atoms with Gasteiger partial charge in [0.05, 0.1) is 12.1 Å². The second-order valence-electron chi connectivity index (χ2n) is 3.73. The van der Waals surface area contributed by atoms with Crippen molar-refractivity contribution in [3.8, 4) is 11.1 Å². The Morgan fingerprint density at radius 3 is 2.39 bits per heavy atom. The van der Waals surface area contributed by atoms with E-state index in [0.29, 0.717) is 11.1 Å². The van der Waals surface area contributed by atoms with Crippen molar-refractivity contribution in [1.82, 2.24) is 4.98 Å². The van der Waals surface area contributed by atoms with Gasteiger partial charge in [-0.25, -0.2) is 8.78 Å². The maximum Gasteiger partial charge on any atom is 0.309 e. The fourth-order valence-corrected chi connectivity index (χ4v) is 1.54. The molecule has 0 saturated carbocycles. The minimum atomic E-state index is -1.14. The van der Waals surface area contributed by atoms with Gasteiger partial charge in [-0.3, -0.25) is 9.78 Å². The van der Waals surface area contributed by atoms with Gasteiger partial charge in [0.25, 0.3) is 0 Å². The summed E-state index contributed by atoms with van der Waals surface area (Å²) in [4.78, 5) is 14.2. The number of carboxylic acid groups (broad SMARTS) is 1. The molecule has 0 aliphatic rings. The highest BCUT2D eigenvalue weighted by Crippen LogP contribution is 2.20. The van der Waals surface area contributed by atoms with E-state index < -0.39 is 18.2 Å². The Hall–Kier alpha value is -2.30. The third-order valence-electron chi connectivity index (χ3n) is 2.41. The van der Waals surface area contributed by atoms with Crippen molar-refractivity contribution >= 4 is 5.97 Å². The van der Waals surface area contributed by atoms with Crippen molar-refractivity contribution in [3.63, 3.8) is 0 Å². The summed E-state index contributed by atoms with van der Waals surface area (Å²) in [6.45, 7) is 0. The molecule has 0 radical (unpaired) electrons. The van der Waals surface area contributed by atoms with Crippen molar-refractivity contribution in [2.45, 2.75) is 6.42 Å². The third kappa shape index (κ3) is 2.68. The first-order valence-electron chi connectivity index (χ1n) is 5.18. The summed E-state index contributed by atoms with van der Waals surface area (Å²) in [5.74, 6) is -2.20. The molecule has 3 nitrogen and oxygen atoms in total. The molecular formula is C13H9F2NO2. The van der Waals surface area contributed by atoms with Crippen molar-refractivity contribution in [2.24, 2.45) is 0 Å². The van der Waals surface area contributed by atoms with Gasteiger partial charge in [0.15, 0.2) is 0 Å². The third-order valence-corrected chi connectivity index (χ3v) is 2.41. The fraction of sp³-hybridized carbons (Fsp3) is 0.0769. The predicted octanol–water partition coefficient (Wildman–Crippen LogP) is 2.65. The van der Waals surface area contributed by atoms with E-state index in [0.717, 1.165) is 0 Å². The number of aromatic nitrogens is 1. The monoisotopic (exact) mass is 249 g/mol. The first-order valence-corrected chi connectivity index (χ1v) is 5.18. The normalized spacial score (nSPS) is 10.3. The van der Waals surface area contributed by atoms with E-state index in [1.54, 1.807) is 0 Å². The Morgan fingerprint density at radius 2 is 1.83 bits per heavy atom. The molecule has 5 heteroatoms. The zero-order chi connectivity index (χ0) is 13.1. The quantitative estimate of drug-likeness (QED) is 0.909. The molecule has 0 fully saturated rings. The van der Waals surface area contributed by atoms with E-state index in [2.05, 4.69) is 4.98 Å². The summed E-state index contributed by atoms with van der Waals surface area (Å²) in [6.07, 6.45) is 0.907. The Balaban J connectivity index is 2.33. The van der Waals surface area contributed by atoms with Crippen LogP contribution in [0.1, 0.15) is 5.69 Å². The van der Waals surface area contributed by atoms with Crippen LogP contribution < -0.4 is 0 Å². The Kier molecular flexibility index (Phi) is 3.32. The van der Waals surface area contributed by atoms with Crippen LogP contribution in [0.3, 0.4) is 0 Å². The zero-order valence-corrected chi connectivity index (χ0v) is 9.23. The van der Waals surface area contributed by atoms with Crippen LogP contribution in [0.5, 0.6) is 0 Å². The number of hydrogen-bond donors (Lipinski definition) is 1. The highest BCUT2D eigenvalue weighted by atomic mass is 19.1. The Morgan fingerprint density at radius 1 is 1.17 bits per heavy atom. The lowest BCUT2D eigenvalue weighted by Crippen LogP contribution is -2.05. The lowest BCUT2D eigenvalue weighted by Gasteiger charge is -2.04. The second-order valence-corrected chi connectivity index (χ2v) is 3.73. The van der Waals surface area contributed by atoms with Crippen LogP contribution in [-0.2, 0) is 11.2 Å². The summed E-state index contributed by atoms with van der Waals surface area (Å²) in [5, 5.41) is 8.56. The van der Waals surface area contributed by atoms with Gasteiger partial charge >= 0.3 is 5.97 Å². The molecule has 0 spiro atoms. The number of nitrogens with zero attached hydrogens (tertiary/aromatic N) is 1. The summed E-state index contributed by atoms with van der Waals surface area (Å²) in [6, 6.07) is 6.72. The van der Waals surface area contributed by atoms with Gasteiger partial charge in [0.2, 0.25) is 0 Å². The Labute approximate surface area is 102 Å². The molecule has 1 heterocycles. The van der Waals surface area contributed by atoms with Crippen molar-refractivity contribution in [3.05, 3.63) is 53.9 Å². The molecule has 0 amide bonds. The topological polar surface area (TPSA) is 50.2 Å². The number of rotatable bonds is 3. The maximum absolute atomic E-state index is 13.6. The van der Waals surface area contributed by atoms with Gasteiger partial charge in [-0.1, -0.05) is 12.1 Å². The second kappa shape index (κ2) is 4.91. The van der Waals surface area contributed by atoms with E-state index in [4.69, 9.17) is 5.11 Å². The fourth-order valence-electron chi connectivity index (χ4n) is 1.54. The standard InChI is InChI=1S/C13H9F2NO2/c14-10-3-1-8(2-4-10)9-5-11(15)12(16-7-9)6-13(17)18/h1-5,7H,6H2,(H,17,18). The zero-order valence-electron chi connectivity index (χ0n) is 9.23. The largest absolute Gasteiger partial charge is 0.481 e. The van der Waals surface area contributed by atoms with Crippen molar-refractivity contribution < 1.29 is 18.7 Å². The minimum absolute atomic E-state index is 0.117. The minimum Gasteiger partial charge on any atom is -0.481 e. The Bertz CT molecular complexity index is 582. The summed E-state index contributed by atoms with van der Waals surface area (Å²) < 4.78 is 26.3. The van der Waals surface area contributed by atoms with E-state index in [9.17, 15) is 13.6 Å². The van der Waals surface area contributed by atoms with Crippen LogP contribution in [0.2, 0.25) is 0 Å². The van der Waals surface area contributed by atoms with Gasteiger partial charge in [0.1, 0.15) is 11.6 Å². The van der Waals surface area contributed by atoms with Crippen molar-refractivity contribution in [1.29, 1.82) is 0 Å². The summed E-state index contributed by atoms with van der Waals surface area (Å²) in [5.41, 5.74) is 0.972. The molecular weight excluding hydrogens is 240 g/mol. The first kappa shape index (κ1) is 12.2. The molecule has 1 aromatic heterocycles. The van der Waals surface area contributed by atoms with Crippen LogP contribution >= 0.6 is 0 Å². The number of aliphatic carboxylic acids is 1. The van der Waals surface area contributed by atoms with Gasteiger partial charge in [0, 0.05) is 11.8 Å². The number of carboxylic acids is 1. The number of benzene rings is 1. The SMILES string of the molecule is O=C(O)Cc1ncc(-c2ccc(F)cc2)cc1F. The van der Waals surface area contributed by atoms with Crippen molar-refractivity contribution in [2.75, 3.05) is 0 Å². The number of carbonyl (C=O) groups is 1. The highest BCUT2D eigenvalue weighted by Gasteiger charge is 2.10. The molecule has 0 bridgehead atoms. The average molecular weight is 249 g/mol. The van der Waals surface area contributed by atoms with E-state index >= 15 is 0 Å². The molecule has 1 aromatic carbocycles. The maximum atomic E-state index is 13.6. The highest BCUT2D eigenvalue weighted by molar-refractivity contribution is 5.70. The van der Waals surface area contributed by atoms with Crippen LogP contribution in [-0.4, -0.2) is 16.1 Å². The molecule has 2 aromatic rings. The summed E-state index contributed by atoms with van der Waals surface area (Å²) >= 11 is 0. The smallest absolute Gasteiger partial charge is 0.309 e. The van der Waals surface area contributed by atoms with Crippen LogP contribution in [0.15, 0.2) is 36.5 Å². The number of pyridine rings is 1. The van der Waals surface area contributed by atoms with Gasteiger partial charge in [-0.05, 0) is 23.8 Å². The van der Waals surface area contributed by atoms with E-state index in [1.807, 2.05) is 0 Å². The van der Waals surface area contributed by atoms with Crippen LogP contribution in [0, 0.1) is 11.6 Å². The molecule has 2 rings (SSSR count). The van der Waals surface area contributed by atoms with E-state index in [-0.39, 0.29) is 11.5 Å². The molecule has 0 aliphatic carbocycles. The molecule has 0 unspecified atom stereocenters. The predicted molar refractivity (Wildman–Crippen MR) is 60.9 cm³/mol. The lowest BCUT2D eigenvalue weighted by molar-refractivity contribution is -0.136. The molecule has 0 atom stereocenters. The van der Waals surface area contributed by atoms with Crippen LogP contribution in [0.25, 0.3) is 11.1 Å². The van der Waals surface area contributed by atoms with Gasteiger partial charge in [-0.15, -0.1) is 0 Å². The average Bonchev–Trinajstić information content (AvgIpc) is 2.32. The molecule has 18 heavy (non-hydrogen) atoms. The molecule has 1 N–H and O–H groups in total. The summed E-state index contributed by atoms with van der Waals surface area (Å²) in [7, 11) is 0. The molecule has 0 aliphatic heterocycles. The van der Waals surface area contributed by atoms with Gasteiger partial charge < -0.3 is 5.11 Å². The molecule has 92 valence electrons. The number of halogens is 2. The van der Waals surface area contributed by atoms with Gasteiger partial charge in [-0.2, -0.15) is 0 Å². The number of hydrogen-bond acceptors (Lipinski definition) is 2. The first-order chi connectivity index (χ1) is 8.56. The molecule has 0 saturated heterocycles. The van der Waals surface area contributed by atoms with E-state index in [1.165, 1.54) is 36.5 Å². The lowest BCUT2D eigenvalue weighted by atomic mass is 10.1. The van der Waals surface area contributed by atoms with Crippen LogP contribution in [0.4, 0.5) is 8.78 Å².